The fourth-order valence-corrected chi connectivity index (χ4v) is 8.12. The lowest BCUT2D eigenvalue weighted by atomic mass is 9.49. The van der Waals surface area contributed by atoms with Crippen molar-refractivity contribution in [3.05, 3.63) is 42.1 Å². The van der Waals surface area contributed by atoms with Crippen LogP contribution in [0.1, 0.15) is 57.9 Å². The summed E-state index contributed by atoms with van der Waals surface area (Å²) in [5.74, 6) is 3.37. The highest BCUT2D eigenvalue weighted by Crippen LogP contribution is 2.61. The lowest BCUT2D eigenvalue weighted by molar-refractivity contribution is -0.143. The van der Waals surface area contributed by atoms with Gasteiger partial charge < -0.3 is 15.0 Å². The second-order valence-corrected chi connectivity index (χ2v) is 12.2. The number of carbonyl (C=O) groups is 2. The zero-order valence-corrected chi connectivity index (χ0v) is 21.1. The average Bonchev–Trinajstić information content (AvgIpc) is 3.16. The molecule has 0 unspecified atom stereocenters. The van der Waals surface area contributed by atoms with E-state index in [1.165, 1.54) is 19.3 Å². The van der Waals surface area contributed by atoms with Crippen LogP contribution in [0.25, 0.3) is 0 Å². The maximum Gasteiger partial charge on any atom is 0.414 e. The van der Waals surface area contributed by atoms with Gasteiger partial charge in [0.2, 0.25) is 5.91 Å². The van der Waals surface area contributed by atoms with Gasteiger partial charge in [-0.1, -0.05) is 19.9 Å². The molecule has 188 valence electrons. The molecule has 1 N–H and O–H groups in total. The summed E-state index contributed by atoms with van der Waals surface area (Å²) in [7, 11) is 0. The van der Waals surface area contributed by atoms with Crippen molar-refractivity contribution in [2.24, 2.45) is 29.1 Å². The molecular weight excluding hydrogens is 452 g/mol. The molecule has 4 aliphatic carbocycles. The average molecular weight is 487 g/mol. The molecule has 0 spiro atoms. The second kappa shape index (κ2) is 7.95. The second-order valence-electron chi connectivity index (χ2n) is 12.2. The molecule has 3 heterocycles. The molecule has 7 nitrogen and oxygen atoms in total. The van der Waals surface area contributed by atoms with Gasteiger partial charge in [0, 0.05) is 17.4 Å². The quantitative estimate of drug-likeness (QED) is 0.587. The van der Waals surface area contributed by atoms with Crippen LogP contribution in [-0.4, -0.2) is 29.6 Å². The van der Waals surface area contributed by atoms with Gasteiger partial charge in [0.05, 0.1) is 29.4 Å². The van der Waals surface area contributed by atoms with Gasteiger partial charge in [-0.3, -0.25) is 9.69 Å². The summed E-state index contributed by atoms with van der Waals surface area (Å²) in [4.78, 5) is 35.7. The first-order valence-electron chi connectivity index (χ1n) is 13.5. The molecule has 2 aliphatic heterocycles. The van der Waals surface area contributed by atoms with Gasteiger partial charge in [-0.05, 0) is 86.5 Å². The van der Waals surface area contributed by atoms with Crippen molar-refractivity contribution in [1.29, 1.82) is 0 Å². The van der Waals surface area contributed by atoms with Crippen LogP contribution in [0.2, 0.25) is 0 Å². The van der Waals surface area contributed by atoms with Crippen LogP contribution in [0.5, 0.6) is 0 Å². The number of nitrogens with one attached hydrogen (secondary N) is 1. The number of cyclic esters (lactones) is 1. The van der Waals surface area contributed by atoms with Gasteiger partial charge in [-0.15, -0.1) is 0 Å². The van der Waals surface area contributed by atoms with Crippen LogP contribution in [0.3, 0.4) is 0 Å². The van der Waals surface area contributed by atoms with Crippen LogP contribution >= 0.6 is 0 Å². The van der Waals surface area contributed by atoms with Crippen molar-refractivity contribution in [3.63, 3.8) is 0 Å². The Kier molecular flexibility index (Phi) is 4.89. The fourth-order valence-electron chi connectivity index (χ4n) is 8.12. The molecule has 7 heteroatoms. The summed E-state index contributed by atoms with van der Waals surface area (Å²) in [5, 5.41) is 3.48. The van der Waals surface area contributed by atoms with Crippen molar-refractivity contribution < 1.29 is 14.3 Å². The first-order valence-corrected chi connectivity index (χ1v) is 13.5. The van der Waals surface area contributed by atoms with Crippen LogP contribution in [-0.2, 0) is 16.1 Å². The van der Waals surface area contributed by atoms with E-state index in [1.807, 2.05) is 29.2 Å². The molecule has 0 radical (unpaired) electrons. The molecule has 4 saturated carbocycles. The summed E-state index contributed by atoms with van der Waals surface area (Å²) < 4.78 is 5.43. The third-order valence-electron chi connectivity index (χ3n) is 9.44. The van der Waals surface area contributed by atoms with Crippen LogP contribution in [0.4, 0.5) is 27.7 Å². The van der Waals surface area contributed by atoms with Crippen molar-refractivity contribution in [1.82, 2.24) is 4.98 Å². The van der Waals surface area contributed by atoms with E-state index in [2.05, 4.69) is 30.2 Å². The predicted octanol–water partition coefficient (Wildman–Crippen LogP) is 5.87. The highest BCUT2D eigenvalue weighted by molar-refractivity contribution is 6.03. The number of hydrogen-bond acceptors (Lipinski definition) is 5. The minimum Gasteiger partial charge on any atom is -0.447 e. The number of anilines is 4. The highest BCUT2D eigenvalue weighted by Gasteiger charge is 2.56. The van der Waals surface area contributed by atoms with Crippen molar-refractivity contribution >= 4 is 34.9 Å². The van der Waals surface area contributed by atoms with Crippen LogP contribution in [0, 0.1) is 29.1 Å². The predicted molar refractivity (Wildman–Crippen MR) is 138 cm³/mol. The van der Waals surface area contributed by atoms with Gasteiger partial charge in [0.1, 0.15) is 12.4 Å². The SMILES string of the molecule is CC(C)[C@@H]1COC(=O)N1c1ccc2c(c1)N(C(=O)C13C[C@H]4C[C@H](C1)C[C@@H](C3)C4)Cc1cccnc1N2. The van der Waals surface area contributed by atoms with E-state index in [0.717, 1.165) is 47.7 Å². The summed E-state index contributed by atoms with van der Waals surface area (Å²) in [6.45, 7) is 5.08. The number of pyridine rings is 1. The molecule has 1 atom stereocenters. The van der Waals surface area contributed by atoms with E-state index in [-0.39, 0.29) is 29.4 Å². The number of rotatable bonds is 3. The number of hydrogen-bond donors (Lipinski definition) is 1. The molecule has 2 amide bonds. The smallest absolute Gasteiger partial charge is 0.414 e. The Morgan fingerprint density at radius 3 is 2.53 bits per heavy atom. The summed E-state index contributed by atoms with van der Waals surface area (Å²) in [6.07, 6.45) is 8.42. The lowest BCUT2D eigenvalue weighted by Gasteiger charge is -2.56. The number of nitrogens with zero attached hydrogens (tertiary/aromatic N) is 3. The van der Waals surface area contributed by atoms with E-state index < -0.39 is 0 Å². The Labute approximate surface area is 212 Å². The highest BCUT2D eigenvalue weighted by atomic mass is 16.6. The van der Waals surface area contributed by atoms with Gasteiger partial charge in [0.25, 0.3) is 0 Å². The molecule has 2 aromatic rings. The fraction of sp³-hybridized carbons (Fsp3) is 0.552. The molecule has 8 rings (SSSR count). The van der Waals surface area contributed by atoms with Gasteiger partial charge in [-0.2, -0.15) is 0 Å². The zero-order chi connectivity index (χ0) is 24.6. The van der Waals surface area contributed by atoms with Crippen molar-refractivity contribution in [3.8, 4) is 0 Å². The zero-order valence-electron chi connectivity index (χ0n) is 21.1. The molecule has 36 heavy (non-hydrogen) atoms. The Balaban J connectivity index is 1.32. The Morgan fingerprint density at radius 2 is 1.83 bits per heavy atom. The van der Waals surface area contributed by atoms with E-state index >= 15 is 0 Å². The van der Waals surface area contributed by atoms with Crippen LogP contribution < -0.4 is 15.1 Å². The first-order chi connectivity index (χ1) is 17.4. The maximum atomic E-state index is 14.6. The van der Waals surface area contributed by atoms with Gasteiger partial charge in [-0.25, -0.2) is 9.78 Å². The first kappa shape index (κ1) is 22.1. The van der Waals surface area contributed by atoms with E-state index in [4.69, 9.17) is 4.74 Å². The van der Waals surface area contributed by atoms with Gasteiger partial charge in [0.15, 0.2) is 0 Å². The lowest BCUT2D eigenvalue weighted by Crippen LogP contribution is -2.54. The van der Waals surface area contributed by atoms with Crippen molar-refractivity contribution in [2.75, 3.05) is 21.7 Å². The summed E-state index contributed by atoms with van der Waals surface area (Å²) >= 11 is 0. The van der Waals surface area contributed by atoms with Crippen molar-refractivity contribution in [2.45, 2.75) is 65.0 Å². The normalized spacial score (nSPS) is 32.1. The van der Waals surface area contributed by atoms with E-state index in [9.17, 15) is 9.59 Å². The Hall–Kier alpha value is -3.09. The number of carbonyl (C=O) groups excluding carboxylic acids is 2. The Bertz CT molecular complexity index is 1210. The minimum atomic E-state index is -0.320. The molecule has 1 aromatic carbocycles. The molecule has 4 bridgehead atoms. The number of amides is 2. The maximum absolute atomic E-state index is 14.6. The molecule has 1 aromatic heterocycles. The van der Waals surface area contributed by atoms with E-state index in [1.54, 1.807) is 11.1 Å². The monoisotopic (exact) mass is 486 g/mol. The summed E-state index contributed by atoms with van der Waals surface area (Å²) in [6, 6.07) is 9.90. The summed E-state index contributed by atoms with van der Waals surface area (Å²) in [5.41, 5.74) is 3.20. The molecule has 6 aliphatic rings. The Morgan fingerprint density at radius 1 is 1.11 bits per heavy atom. The topological polar surface area (TPSA) is 74.8 Å². The van der Waals surface area contributed by atoms with E-state index in [0.29, 0.717) is 30.9 Å². The van der Waals surface area contributed by atoms with Crippen LogP contribution in [0.15, 0.2) is 36.5 Å². The molecular formula is C29H34N4O3. The number of benzene rings is 1. The number of ether oxygens (including phenoxy) is 1. The molecule has 1 saturated heterocycles. The minimum absolute atomic E-state index is 0.0274. The number of fused-ring (bicyclic) bond motifs is 2. The molecule has 5 fully saturated rings. The third kappa shape index (κ3) is 3.35. The standard InChI is InChI=1S/C29H34N4O3/c1-17(2)25-16-36-28(35)33(25)22-5-6-23-24(11-22)32(15-21-4-3-7-30-26(21)31-23)27(34)29-12-18-8-19(13-29)10-20(9-18)14-29/h3-7,11,17-20,25H,8-10,12-16H2,1-2H3,(H,30,31)/t18-,19-,20-,25-,29?/m0/s1. The largest absolute Gasteiger partial charge is 0.447 e. The van der Waals surface area contributed by atoms with Gasteiger partial charge >= 0.3 is 6.09 Å². The number of aromatic nitrogens is 1. The third-order valence-corrected chi connectivity index (χ3v) is 9.44.